The van der Waals surface area contributed by atoms with Gasteiger partial charge in [0.05, 0.1) is 6.21 Å². The van der Waals surface area contributed by atoms with Crippen LogP contribution in [0, 0.1) is 13.8 Å². The molecule has 0 bridgehead atoms. The summed E-state index contributed by atoms with van der Waals surface area (Å²) in [5, 5.41) is 17.8. The Kier molecular flexibility index (Phi) is 4.83. The lowest BCUT2D eigenvalue weighted by Gasteiger charge is -2.27. The molecule has 6 heteroatoms. The zero-order chi connectivity index (χ0) is 21.3. The van der Waals surface area contributed by atoms with Gasteiger partial charge in [0.15, 0.2) is 5.54 Å². The monoisotopic (exact) mass is 399 g/mol. The molecule has 0 atom stereocenters. The summed E-state index contributed by atoms with van der Waals surface area (Å²) in [6, 6.07) is 21.1. The van der Waals surface area contributed by atoms with Crippen molar-refractivity contribution >= 4 is 18.2 Å². The van der Waals surface area contributed by atoms with Gasteiger partial charge in [0.1, 0.15) is 5.75 Å². The molecule has 1 fully saturated rings. The minimum Gasteiger partial charge on any atom is -0.507 e. The number of amides is 3. The fourth-order valence-corrected chi connectivity index (χ4v) is 3.75. The maximum absolute atomic E-state index is 13.5. The van der Waals surface area contributed by atoms with Crippen LogP contribution in [0.4, 0.5) is 4.79 Å². The van der Waals surface area contributed by atoms with E-state index >= 15 is 0 Å². The molecule has 1 heterocycles. The van der Waals surface area contributed by atoms with Crippen LogP contribution in [0.2, 0.25) is 0 Å². The molecule has 3 amide bonds. The maximum Gasteiger partial charge on any atom is 0.346 e. The van der Waals surface area contributed by atoms with Crippen LogP contribution in [-0.2, 0) is 10.3 Å². The number of hydrogen-bond acceptors (Lipinski definition) is 4. The van der Waals surface area contributed by atoms with E-state index in [4.69, 9.17) is 0 Å². The summed E-state index contributed by atoms with van der Waals surface area (Å²) in [7, 11) is 0. The van der Waals surface area contributed by atoms with E-state index in [0.29, 0.717) is 27.8 Å². The molecule has 3 aromatic carbocycles. The topological polar surface area (TPSA) is 82.0 Å². The van der Waals surface area contributed by atoms with Crippen LogP contribution in [-0.4, -0.2) is 28.3 Å². The first-order valence-corrected chi connectivity index (χ1v) is 9.55. The Hall–Kier alpha value is -3.93. The third-order valence-corrected chi connectivity index (χ3v) is 5.25. The molecule has 1 saturated heterocycles. The van der Waals surface area contributed by atoms with Gasteiger partial charge in [-0.05, 0) is 53.8 Å². The van der Waals surface area contributed by atoms with Crippen LogP contribution in [0.3, 0.4) is 0 Å². The Morgan fingerprint density at radius 1 is 0.900 bits per heavy atom. The van der Waals surface area contributed by atoms with Gasteiger partial charge >= 0.3 is 6.03 Å². The van der Waals surface area contributed by atoms with Gasteiger partial charge in [0.2, 0.25) is 0 Å². The van der Waals surface area contributed by atoms with Crippen molar-refractivity contribution in [3.63, 3.8) is 0 Å². The summed E-state index contributed by atoms with van der Waals surface area (Å²) in [4.78, 5) is 26.3. The largest absolute Gasteiger partial charge is 0.507 e. The minimum absolute atomic E-state index is 0.217. The lowest BCUT2D eigenvalue weighted by Crippen LogP contribution is -2.44. The van der Waals surface area contributed by atoms with E-state index in [0.717, 1.165) is 5.01 Å². The zero-order valence-electron chi connectivity index (χ0n) is 16.7. The lowest BCUT2D eigenvalue weighted by atomic mass is 9.83. The number of nitrogens with one attached hydrogen (secondary N) is 1. The van der Waals surface area contributed by atoms with Crippen molar-refractivity contribution < 1.29 is 14.7 Å². The third-order valence-electron chi connectivity index (χ3n) is 5.25. The van der Waals surface area contributed by atoms with Gasteiger partial charge in [-0.25, -0.2) is 4.79 Å². The van der Waals surface area contributed by atoms with Crippen LogP contribution in [0.15, 0.2) is 77.9 Å². The zero-order valence-corrected chi connectivity index (χ0v) is 16.7. The number of carbonyl (C=O) groups excluding carboxylic acids is 2. The number of benzene rings is 3. The third kappa shape index (κ3) is 3.12. The molecular weight excluding hydrogens is 378 g/mol. The first kappa shape index (κ1) is 19.4. The molecule has 0 aromatic heterocycles. The molecule has 0 saturated carbocycles. The Balaban J connectivity index is 1.76. The van der Waals surface area contributed by atoms with E-state index in [-0.39, 0.29) is 5.75 Å². The van der Waals surface area contributed by atoms with E-state index in [1.807, 2.05) is 60.7 Å². The van der Waals surface area contributed by atoms with Crippen LogP contribution in [0.5, 0.6) is 5.75 Å². The predicted molar refractivity (Wildman–Crippen MR) is 114 cm³/mol. The normalized spacial score (nSPS) is 15.6. The number of rotatable bonds is 4. The highest BCUT2D eigenvalue weighted by Gasteiger charge is 2.54. The van der Waals surface area contributed by atoms with E-state index in [9.17, 15) is 14.7 Å². The van der Waals surface area contributed by atoms with Gasteiger partial charge in [-0.1, -0.05) is 60.7 Å². The molecule has 4 rings (SSSR count). The van der Waals surface area contributed by atoms with Crippen LogP contribution in [0.25, 0.3) is 0 Å². The molecule has 2 N–H and O–H groups in total. The van der Waals surface area contributed by atoms with Crippen LogP contribution >= 0.6 is 0 Å². The average Bonchev–Trinajstić information content (AvgIpc) is 3.02. The number of imide groups is 1. The van der Waals surface area contributed by atoms with E-state index in [1.165, 1.54) is 6.21 Å². The number of hydrazone groups is 1. The number of carbonyl (C=O) groups is 2. The summed E-state index contributed by atoms with van der Waals surface area (Å²) in [5.74, 6) is -0.261. The standard InChI is InChI=1S/C24H21N3O3/c1-16-13-18(14-17(2)21(16)28)15-25-27-22(29)24(26-23(27)30,19-9-5-3-6-10-19)20-11-7-4-8-12-20/h3-15,28H,1-2H3,(H,26,30)/b25-15+. The molecule has 0 aliphatic carbocycles. The number of aryl methyl sites for hydroxylation is 2. The second-order valence-corrected chi connectivity index (χ2v) is 7.28. The Morgan fingerprint density at radius 3 is 1.90 bits per heavy atom. The van der Waals surface area contributed by atoms with Crippen molar-refractivity contribution in [2.75, 3.05) is 0 Å². The van der Waals surface area contributed by atoms with Crippen molar-refractivity contribution in [1.29, 1.82) is 0 Å². The highest BCUT2D eigenvalue weighted by atomic mass is 16.3. The minimum atomic E-state index is -1.35. The van der Waals surface area contributed by atoms with E-state index in [1.54, 1.807) is 26.0 Å². The molecule has 1 aliphatic heterocycles. The molecule has 6 nitrogen and oxygen atoms in total. The fraction of sp³-hybridized carbons (Fsp3) is 0.125. The van der Waals surface area contributed by atoms with Gasteiger partial charge in [0, 0.05) is 0 Å². The lowest BCUT2D eigenvalue weighted by molar-refractivity contribution is -0.130. The smallest absolute Gasteiger partial charge is 0.346 e. The summed E-state index contributed by atoms with van der Waals surface area (Å²) < 4.78 is 0. The number of aromatic hydroxyl groups is 1. The molecule has 150 valence electrons. The molecule has 0 unspecified atom stereocenters. The molecule has 30 heavy (non-hydrogen) atoms. The van der Waals surface area contributed by atoms with Gasteiger partial charge < -0.3 is 10.4 Å². The highest BCUT2D eigenvalue weighted by molar-refractivity contribution is 6.09. The number of hydrogen-bond donors (Lipinski definition) is 2. The number of nitrogens with zero attached hydrogens (tertiary/aromatic N) is 2. The number of phenolic OH excluding ortho intramolecular Hbond substituents is 1. The maximum atomic E-state index is 13.5. The summed E-state index contributed by atoms with van der Waals surface area (Å²) in [5.41, 5.74) is 2.03. The van der Waals surface area contributed by atoms with Gasteiger partial charge in [0.25, 0.3) is 5.91 Å². The predicted octanol–water partition coefficient (Wildman–Crippen LogP) is 3.84. The second-order valence-electron chi connectivity index (χ2n) is 7.28. The van der Waals surface area contributed by atoms with Crippen LogP contribution in [0.1, 0.15) is 27.8 Å². The molecular formula is C24H21N3O3. The highest BCUT2D eigenvalue weighted by Crippen LogP contribution is 2.36. The molecule has 0 radical (unpaired) electrons. The van der Waals surface area contributed by atoms with Crippen LogP contribution < -0.4 is 5.32 Å². The average molecular weight is 399 g/mol. The first-order valence-electron chi connectivity index (χ1n) is 9.55. The van der Waals surface area contributed by atoms with E-state index in [2.05, 4.69) is 10.4 Å². The molecule has 0 spiro atoms. The Morgan fingerprint density at radius 2 is 1.40 bits per heavy atom. The van der Waals surface area contributed by atoms with Crippen molar-refractivity contribution in [3.8, 4) is 5.75 Å². The first-order chi connectivity index (χ1) is 14.4. The number of phenols is 1. The second kappa shape index (κ2) is 7.48. The van der Waals surface area contributed by atoms with Crippen molar-refractivity contribution in [3.05, 3.63) is 101 Å². The van der Waals surface area contributed by atoms with Crippen molar-refractivity contribution in [1.82, 2.24) is 10.3 Å². The quantitative estimate of drug-likeness (QED) is 0.517. The van der Waals surface area contributed by atoms with Crippen molar-refractivity contribution in [2.24, 2.45) is 5.10 Å². The summed E-state index contributed by atoms with van der Waals surface area (Å²) >= 11 is 0. The summed E-state index contributed by atoms with van der Waals surface area (Å²) in [6.45, 7) is 3.56. The number of urea groups is 1. The van der Waals surface area contributed by atoms with Crippen molar-refractivity contribution in [2.45, 2.75) is 19.4 Å². The van der Waals surface area contributed by atoms with Gasteiger partial charge in [-0.3, -0.25) is 4.79 Å². The summed E-state index contributed by atoms with van der Waals surface area (Å²) in [6.07, 6.45) is 1.45. The van der Waals surface area contributed by atoms with E-state index < -0.39 is 17.5 Å². The van der Waals surface area contributed by atoms with Gasteiger partial charge in [-0.2, -0.15) is 5.10 Å². The molecule has 1 aliphatic rings. The Labute approximate surface area is 174 Å². The fourth-order valence-electron chi connectivity index (χ4n) is 3.75. The SMILES string of the molecule is Cc1cc(/C=N/N2C(=O)NC(c3ccccc3)(c3ccccc3)C2=O)cc(C)c1O. The Bertz CT molecular complexity index is 1080. The van der Waals surface area contributed by atoms with Gasteiger partial charge in [-0.15, -0.1) is 5.01 Å². The molecule has 3 aromatic rings.